The second-order valence-corrected chi connectivity index (χ2v) is 2.85. The SMILES string of the molecule is CN(F)c1cccc2ccncc12. The highest BCUT2D eigenvalue weighted by atomic mass is 19.2. The zero-order chi connectivity index (χ0) is 9.26. The summed E-state index contributed by atoms with van der Waals surface area (Å²) in [4.78, 5) is 3.96. The van der Waals surface area contributed by atoms with Crippen LogP contribution in [0.5, 0.6) is 0 Å². The molecule has 0 N–H and O–H groups in total. The predicted octanol–water partition coefficient (Wildman–Crippen LogP) is 2.56. The van der Waals surface area contributed by atoms with E-state index < -0.39 is 0 Å². The molecule has 1 aromatic carbocycles. The predicted molar refractivity (Wildman–Crippen MR) is 51.3 cm³/mol. The first-order chi connectivity index (χ1) is 6.29. The van der Waals surface area contributed by atoms with Gasteiger partial charge in [-0.15, -0.1) is 4.48 Å². The van der Waals surface area contributed by atoms with Crippen LogP contribution in [-0.4, -0.2) is 12.0 Å². The van der Waals surface area contributed by atoms with E-state index >= 15 is 0 Å². The van der Waals surface area contributed by atoms with Gasteiger partial charge in [-0.25, -0.2) is 5.12 Å². The molecular weight excluding hydrogens is 167 g/mol. The van der Waals surface area contributed by atoms with Crippen molar-refractivity contribution in [3.05, 3.63) is 36.7 Å². The number of hydrogen-bond donors (Lipinski definition) is 0. The fourth-order valence-corrected chi connectivity index (χ4v) is 1.37. The number of anilines is 1. The summed E-state index contributed by atoms with van der Waals surface area (Å²) in [6.07, 6.45) is 3.37. The second kappa shape index (κ2) is 3.01. The van der Waals surface area contributed by atoms with Gasteiger partial charge in [0.05, 0.1) is 5.69 Å². The van der Waals surface area contributed by atoms with E-state index in [4.69, 9.17) is 0 Å². The zero-order valence-electron chi connectivity index (χ0n) is 7.24. The Balaban J connectivity index is 2.76. The first kappa shape index (κ1) is 7.98. The van der Waals surface area contributed by atoms with Crippen LogP contribution in [0.25, 0.3) is 10.8 Å². The minimum atomic E-state index is 0.547. The fraction of sp³-hybridized carbons (Fsp3) is 0.100. The van der Waals surface area contributed by atoms with E-state index in [0.717, 1.165) is 10.8 Å². The Morgan fingerprint density at radius 2 is 2.15 bits per heavy atom. The van der Waals surface area contributed by atoms with Crippen LogP contribution in [0.3, 0.4) is 0 Å². The van der Waals surface area contributed by atoms with Crippen LogP contribution in [0, 0.1) is 0 Å². The summed E-state index contributed by atoms with van der Waals surface area (Å²) in [7, 11) is 1.38. The largest absolute Gasteiger partial charge is 0.264 e. The molecule has 0 unspecified atom stereocenters. The molecule has 0 aliphatic rings. The molecule has 0 aliphatic heterocycles. The molecular formula is C10H9FN2. The maximum absolute atomic E-state index is 13.0. The summed E-state index contributed by atoms with van der Waals surface area (Å²) in [6, 6.07) is 7.35. The third-order valence-corrected chi connectivity index (χ3v) is 1.99. The number of fused-ring (bicyclic) bond motifs is 1. The van der Waals surface area contributed by atoms with E-state index in [1.165, 1.54) is 7.05 Å². The number of pyridine rings is 1. The van der Waals surface area contributed by atoms with Gasteiger partial charge in [0.2, 0.25) is 0 Å². The highest BCUT2D eigenvalue weighted by Crippen LogP contribution is 2.24. The van der Waals surface area contributed by atoms with Crippen LogP contribution in [0.1, 0.15) is 0 Å². The van der Waals surface area contributed by atoms with Gasteiger partial charge in [-0.3, -0.25) is 4.98 Å². The molecule has 3 heteroatoms. The van der Waals surface area contributed by atoms with Crippen molar-refractivity contribution >= 4 is 16.5 Å². The van der Waals surface area contributed by atoms with Gasteiger partial charge in [-0.1, -0.05) is 12.1 Å². The average molecular weight is 176 g/mol. The molecule has 2 nitrogen and oxygen atoms in total. The van der Waals surface area contributed by atoms with Gasteiger partial charge >= 0.3 is 0 Å². The molecule has 0 bridgehead atoms. The lowest BCUT2D eigenvalue weighted by molar-refractivity contribution is 0.477. The smallest absolute Gasteiger partial charge is 0.0778 e. The van der Waals surface area contributed by atoms with Crippen molar-refractivity contribution in [1.82, 2.24) is 4.98 Å². The molecule has 1 heterocycles. The summed E-state index contributed by atoms with van der Waals surface area (Å²) in [5, 5.41) is 2.43. The van der Waals surface area contributed by atoms with E-state index in [0.29, 0.717) is 10.8 Å². The van der Waals surface area contributed by atoms with Crippen molar-refractivity contribution in [2.24, 2.45) is 0 Å². The summed E-state index contributed by atoms with van der Waals surface area (Å²) >= 11 is 0. The maximum Gasteiger partial charge on any atom is 0.0778 e. The van der Waals surface area contributed by atoms with Crippen LogP contribution in [0.2, 0.25) is 0 Å². The Kier molecular flexibility index (Phi) is 1.85. The van der Waals surface area contributed by atoms with Crippen LogP contribution < -0.4 is 5.12 Å². The lowest BCUT2D eigenvalue weighted by atomic mass is 10.1. The normalized spacial score (nSPS) is 10.3. The van der Waals surface area contributed by atoms with Crippen LogP contribution in [-0.2, 0) is 0 Å². The van der Waals surface area contributed by atoms with Gasteiger partial charge in [0.15, 0.2) is 0 Å². The van der Waals surface area contributed by atoms with Crippen LogP contribution in [0.4, 0.5) is 10.2 Å². The molecule has 0 aliphatic carbocycles. The Morgan fingerprint density at radius 3 is 2.92 bits per heavy atom. The second-order valence-electron chi connectivity index (χ2n) is 2.85. The lowest BCUT2D eigenvalue weighted by Crippen LogP contribution is -2.02. The number of benzene rings is 1. The Bertz CT molecular complexity index is 421. The quantitative estimate of drug-likeness (QED) is 0.621. The van der Waals surface area contributed by atoms with Crippen molar-refractivity contribution < 1.29 is 4.48 Å². The number of rotatable bonds is 1. The molecule has 1 aromatic heterocycles. The molecule has 0 amide bonds. The Hall–Kier alpha value is -1.64. The van der Waals surface area contributed by atoms with E-state index in [2.05, 4.69) is 4.98 Å². The van der Waals surface area contributed by atoms with Gasteiger partial charge in [0.1, 0.15) is 0 Å². The minimum absolute atomic E-state index is 0.547. The summed E-state index contributed by atoms with van der Waals surface area (Å²) in [5.41, 5.74) is 0.547. The molecule has 2 aromatic rings. The Labute approximate surface area is 75.6 Å². The molecule has 0 radical (unpaired) electrons. The third kappa shape index (κ3) is 1.33. The highest BCUT2D eigenvalue weighted by molar-refractivity contribution is 5.92. The van der Waals surface area contributed by atoms with Crippen molar-refractivity contribution in [2.75, 3.05) is 12.2 Å². The van der Waals surface area contributed by atoms with E-state index in [1.807, 2.05) is 18.2 Å². The zero-order valence-corrected chi connectivity index (χ0v) is 7.24. The minimum Gasteiger partial charge on any atom is -0.264 e. The number of halogens is 1. The molecule has 66 valence electrons. The molecule has 0 fully saturated rings. The van der Waals surface area contributed by atoms with Crippen molar-refractivity contribution in [2.45, 2.75) is 0 Å². The molecule has 0 saturated carbocycles. The Morgan fingerprint density at radius 1 is 1.31 bits per heavy atom. The molecule has 0 spiro atoms. The molecule has 13 heavy (non-hydrogen) atoms. The highest BCUT2D eigenvalue weighted by Gasteiger charge is 2.03. The van der Waals surface area contributed by atoms with Gasteiger partial charge in [0, 0.05) is 24.8 Å². The molecule has 0 atom stereocenters. The summed E-state index contributed by atoms with van der Waals surface area (Å²) in [5.74, 6) is 0. The van der Waals surface area contributed by atoms with Crippen LogP contribution >= 0.6 is 0 Å². The number of nitrogens with zero attached hydrogens (tertiary/aromatic N) is 2. The number of aromatic nitrogens is 1. The van der Waals surface area contributed by atoms with Crippen molar-refractivity contribution in [3.63, 3.8) is 0 Å². The van der Waals surface area contributed by atoms with Gasteiger partial charge in [-0.05, 0) is 17.5 Å². The standard InChI is InChI=1S/C10H9FN2/c1-13(11)10-4-2-3-8-5-6-12-7-9(8)10/h2-7H,1H3. The molecule has 0 saturated heterocycles. The van der Waals surface area contributed by atoms with Crippen molar-refractivity contribution in [1.29, 1.82) is 0 Å². The first-order valence-corrected chi connectivity index (χ1v) is 4.01. The lowest BCUT2D eigenvalue weighted by Gasteiger charge is -2.09. The van der Waals surface area contributed by atoms with Crippen molar-refractivity contribution in [3.8, 4) is 0 Å². The fourth-order valence-electron chi connectivity index (χ4n) is 1.37. The topological polar surface area (TPSA) is 16.1 Å². The summed E-state index contributed by atoms with van der Waals surface area (Å²) < 4.78 is 13.0. The van der Waals surface area contributed by atoms with Gasteiger partial charge < -0.3 is 0 Å². The monoisotopic (exact) mass is 176 g/mol. The summed E-state index contributed by atoms with van der Waals surface area (Å²) in [6.45, 7) is 0. The maximum atomic E-state index is 13.0. The van der Waals surface area contributed by atoms with E-state index in [-0.39, 0.29) is 0 Å². The van der Waals surface area contributed by atoms with Gasteiger partial charge in [0.25, 0.3) is 0 Å². The van der Waals surface area contributed by atoms with E-state index in [1.54, 1.807) is 18.5 Å². The third-order valence-electron chi connectivity index (χ3n) is 1.99. The number of hydrogen-bond acceptors (Lipinski definition) is 2. The first-order valence-electron chi connectivity index (χ1n) is 4.01. The van der Waals surface area contributed by atoms with E-state index in [9.17, 15) is 4.48 Å². The van der Waals surface area contributed by atoms with Crippen LogP contribution in [0.15, 0.2) is 36.7 Å². The molecule has 2 rings (SSSR count). The van der Waals surface area contributed by atoms with Gasteiger partial charge in [-0.2, -0.15) is 0 Å². The average Bonchev–Trinajstić information content (AvgIpc) is 2.17.